The Morgan fingerprint density at radius 2 is 1.90 bits per heavy atom. The lowest BCUT2D eigenvalue weighted by Gasteiger charge is -2.39. The van der Waals surface area contributed by atoms with Crippen molar-refractivity contribution >= 4 is 11.9 Å². The van der Waals surface area contributed by atoms with E-state index in [-0.39, 0.29) is 5.91 Å². The normalized spacial score (nSPS) is 17.2. The number of halogens is 3. The number of carbonyl (C=O) groups is 1. The second-order valence-electron chi connectivity index (χ2n) is 7.10. The number of piperazine rings is 1. The average Bonchev–Trinajstić information content (AvgIpc) is 2.72. The maximum absolute atomic E-state index is 12.9. The van der Waals surface area contributed by atoms with Crippen LogP contribution in [0, 0.1) is 0 Å². The minimum atomic E-state index is -4.21. The fourth-order valence-corrected chi connectivity index (χ4v) is 3.20. The molecule has 1 unspecified atom stereocenters. The SMILES string of the molecule is CCCNC(=O)c1cccc(CNC(=NC)N2CCN(C(C)C(F)(F)F)CC2)c1. The number of benzene rings is 1. The molecule has 1 amide bonds. The molecule has 1 aromatic carbocycles. The van der Waals surface area contributed by atoms with Crippen LogP contribution in [-0.2, 0) is 6.54 Å². The quantitative estimate of drug-likeness (QED) is 0.556. The van der Waals surface area contributed by atoms with Gasteiger partial charge in [0.2, 0.25) is 0 Å². The van der Waals surface area contributed by atoms with E-state index in [1.165, 1.54) is 11.8 Å². The minimum Gasteiger partial charge on any atom is -0.352 e. The van der Waals surface area contributed by atoms with Gasteiger partial charge in [0, 0.05) is 51.9 Å². The molecule has 1 aromatic rings. The Hall–Kier alpha value is -2.29. The number of nitrogens with zero attached hydrogens (tertiary/aromatic N) is 3. The Labute approximate surface area is 170 Å². The summed E-state index contributed by atoms with van der Waals surface area (Å²) in [6.45, 7) is 5.90. The van der Waals surface area contributed by atoms with Crippen LogP contribution < -0.4 is 10.6 Å². The van der Waals surface area contributed by atoms with Crippen molar-refractivity contribution in [1.29, 1.82) is 0 Å². The Balaban J connectivity index is 1.89. The summed E-state index contributed by atoms with van der Waals surface area (Å²) in [6, 6.07) is 5.90. The van der Waals surface area contributed by atoms with Crippen LogP contribution in [-0.4, -0.2) is 73.7 Å². The first-order valence-corrected chi connectivity index (χ1v) is 9.89. The van der Waals surface area contributed by atoms with Gasteiger partial charge in [0.05, 0.1) is 0 Å². The van der Waals surface area contributed by atoms with Crippen molar-refractivity contribution in [1.82, 2.24) is 20.4 Å². The highest BCUT2D eigenvalue weighted by atomic mass is 19.4. The molecule has 0 bridgehead atoms. The molecule has 1 fully saturated rings. The molecule has 6 nitrogen and oxygen atoms in total. The number of rotatable bonds is 6. The van der Waals surface area contributed by atoms with Gasteiger partial charge in [0.1, 0.15) is 6.04 Å². The molecule has 0 radical (unpaired) electrons. The minimum absolute atomic E-state index is 0.104. The van der Waals surface area contributed by atoms with E-state index in [4.69, 9.17) is 0 Å². The topological polar surface area (TPSA) is 60.0 Å². The molecule has 0 spiro atoms. The molecule has 0 aromatic heterocycles. The highest BCUT2D eigenvalue weighted by molar-refractivity contribution is 5.94. The number of nitrogens with one attached hydrogen (secondary N) is 2. The zero-order chi connectivity index (χ0) is 21.4. The van der Waals surface area contributed by atoms with Gasteiger partial charge in [-0.1, -0.05) is 19.1 Å². The molecule has 1 saturated heterocycles. The molecule has 2 N–H and O–H groups in total. The molecule has 29 heavy (non-hydrogen) atoms. The van der Waals surface area contributed by atoms with Crippen molar-refractivity contribution in [3.63, 3.8) is 0 Å². The largest absolute Gasteiger partial charge is 0.403 e. The van der Waals surface area contributed by atoms with Gasteiger partial charge in [-0.3, -0.25) is 14.7 Å². The van der Waals surface area contributed by atoms with Gasteiger partial charge in [-0.05, 0) is 31.0 Å². The second-order valence-corrected chi connectivity index (χ2v) is 7.10. The number of amides is 1. The van der Waals surface area contributed by atoms with Crippen molar-refractivity contribution in [3.8, 4) is 0 Å². The molecule has 2 rings (SSSR count). The van der Waals surface area contributed by atoms with E-state index in [0.717, 1.165) is 12.0 Å². The van der Waals surface area contributed by atoms with Crippen molar-refractivity contribution in [2.45, 2.75) is 39.0 Å². The molecule has 0 aliphatic carbocycles. The highest BCUT2D eigenvalue weighted by Crippen LogP contribution is 2.25. The van der Waals surface area contributed by atoms with Crippen LogP contribution in [0.5, 0.6) is 0 Å². The molecular weight excluding hydrogens is 383 g/mol. The van der Waals surface area contributed by atoms with E-state index in [1.54, 1.807) is 13.1 Å². The maximum atomic E-state index is 12.9. The van der Waals surface area contributed by atoms with Gasteiger partial charge in [0.15, 0.2) is 5.96 Å². The van der Waals surface area contributed by atoms with Crippen LogP contribution in [0.1, 0.15) is 36.2 Å². The standard InChI is InChI=1S/C20H30F3N5O/c1-4-8-25-18(29)17-7-5-6-16(13-17)14-26-19(24-3)28-11-9-27(10-12-28)15(2)20(21,22)23/h5-7,13,15H,4,8-12,14H2,1-3H3,(H,24,26)(H,25,29). The first-order chi connectivity index (χ1) is 13.8. The van der Waals surface area contributed by atoms with Gasteiger partial charge in [-0.2, -0.15) is 13.2 Å². The first kappa shape index (κ1) is 23.0. The van der Waals surface area contributed by atoms with Crippen LogP contribution in [0.4, 0.5) is 13.2 Å². The number of carbonyl (C=O) groups excluding carboxylic acids is 1. The summed E-state index contributed by atoms with van der Waals surface area (Å²) in [7, 11) is 1.65. The Bertz CT molecular complexity index is 700. The van der Waals surface area contributed by atoms with Crippen LogP contribution in [0.2, 0.25) is 0 Å². The van der Waals surface area contributed by atoms with Crippen molar-refractivity contribution in [2.75, 3.05) is 39.8 Å². The molecule has 1 aliphatic heterocycles. The van der Waals surface area contributed by atoms with E-state index >= 15 is 0 Å². The van der Waals surface area contributed by atoms with Gasteiger partial charge < -0.3 is 15.5 Å². The summed E-state index contributed by atoms with van der Waals surface area (Å²) in [5.74, 6) is 0.540. The van der Waals surface area contributed by atoms with Crippen LogP contribution in [0.15, 0.2) is 29.3 Å². The smallest absolute Gasteiger partial charge is 0.352 e. The molecular formula is C20H30F3N5O. The van der Waals surface area contributed by atoms with Crippen LogP contribution >= 0.6 is 0 Å². The predicted octanol–water partition coefficient (Wildman–Crippen LogP) is 2.47. The summed E-state index contributed by atoms with van der Waals surface area (Å²) in [5.41, 5.74) is 1.53. The monoisotopic (exact) mass is 413 g/mol. The third-order valence-electron chi connectivity index (χ3n) is 5.02. The van der Waals surface area contributed by atoms with Gasteiger partial charge >= 0.3 is 6.18 Å². The average molecular weight is 413 g/mol. The van der Waals surface area contributed by atoms with E-state index < -0.39 is 12.2 Å². The summed E-state index contributed by atoms with van der Waals surface area (Å²) in [4.78, 5) is 19.8. The second kappa shape index (κ2) is 10.5. The Kier molecular flexibility index (Phi) is 8.31. The molecule has 1 aliphatic rings. The van der Waals surface area contributed by atoms with Gasteiger partial charge in [-0.15, -0.1) is 0 Å². The molecule has 1 atom stereocenters. The molecule has 162 valence electrons. The number of aliphatic imine (C=N–C) groups is 1. The summed E-state index contributed by atoms with van der Waals surface area (Å²) < 4.78 is 38.7. The van der Waals surface area contributed by atoms with Crippen LogP contribution in [0.25, 0.3) is 0 Å². The fraction of sp³-hybridized carbons (Fsp3) is 0.600. The first-order valence-electron chi connectivity index (χ1n) is 9.89. The zero-order valence-electron chi connectivity index (χ0n) is 17.2. The predicted molar refractivity (Wildman–Crippen MR) is 108 cm³/mol. The highest BCUT2D eigenvalue weighted by Gasteiger charge is 2.41. The Morgan fingerprint density at radius 3 is 2.48 bits per heavy atom. The lowest BCUT2D eigenvalue weighted by Crippen LogP contribution is -2.56. The molecule has 9 heteroatoms. The van der Waals surface area contributed by atoms with Gasteiger partial charge in [-0.25, -0.2) is 0 Å². The van der Waals surface area contributed by atoms with E-state index in [2.05, 4.69) is 15.6 Å². The van der Waals surface area contributed by atoms with E-state index in [1.807, 2.05) is 30.0 Å². The summed E-state index contributed by atoms with van der Waals surface area (Å²) in [6.07, 6.45) is -3.34. The van der Waals surface area contributed by atoms with E-state index in [9.17, 15) is 18.0 Å². The maximum Gasteiger partial charge on any atom is 0.403 e. The number of guanidine groups is 1. The van der Waals surface area contributed by atoms with Gasteiger partial charge in [0.25, 0.3) is 5.91 Å². The summed E-state index contributed by atoms with van der Waals surface area (Å²) >= 11 is 0. The molecule has 1 heterocycles. The number of hydrogen-bond donors (Lipinski definition) is 2. The van der Waals surface area contributed by atoms with Crippen molar-refractivity contribution in [2.24, 2.45) is 4.99 Å². The number of alkyl halides is 3. The molecule has 0 saturated carbocycles. The van der Waals surface area contributed by atoms with Crippen LogP contribution in [0.3, 0.4) is 0 Å². The lowest BCUT2D eigenvalue weighted by molar-refractivity contribution is -0.181. The summed E-state index contributed by atoms with van der Waals surface area (Å²) in [5, 5.41) is 6.09. The van der Waals surface area contributed by atoms with Crippen molar-refractivity contribution in [3.05, 3.63) is 35.4 Å². The third-order valence-corrected chi connectivity index (χ3v) is 5.02. The lowest BCUT2D eigenvalue weighted by atomic mass is 10.1. The third kappa shape index (κ3) is 6.62. The number of hydrogen-bond acceptors (Lipinski definition) is 3. The zero-order valence-corrected chi connectivity index (χ0v) is 17.2. The Morgan fingerprint density at radius 1 is 1.21 bits per heavy atom. The fourth-order valence-electron chi connectivity index (χ4n) is 3.20. The van der Waals surface area contributed by atoms with Crippen molar-refractivity contribution < 1.29 is 18.0 Å². The van der Waals surface area contributed by atoms with E-state index in [0.29, 0.717) is 50.8 Å².